The second-order valence-corrected chi connectivity index (χ2v) is 29.8. The average Bonchev–Trinajstić information content (AvgIpc) is 1.60. The molecule has 0 unspecified atom stereocenters. The zero-order valence-corrected chi connectivity index (χ0v) is 64.7. The summed E-state index contributed by atoms with van der Waals surface area (Å²) in [6.07, 6.45) is 87.5. The summed E-state index contributed by atoms with van der Waals surface area (Å²) in [5.41, 5.74) is 0. The number of aromatic nitrogens is 3. The molecule has 3 N–H and O–H groups in total. The minimum Gasteiger partial charge on any atom is -0.354 e. The van der Waals surface area contributed by atoms with Gasteiger partial charge in [0, 0.05) is 19.6 Å². The molecule has 9 nitrogen and oxygen atoms in total. The fraction of sp³-hybridized carbons (Fsp3) is 0.964. The topological polar surface area (TPSA) is 84.5 Å². The van der Waals surface area contributed by atoms with Gasteiger partial charge >= 0.3 is 0 Å². The molecule has 0 spiro atoms. The van der Waals surface area contributed by atoms with Crippen LogP contribution in [-0.4, -0.2) is 108 Å². The summed E-state index contributed by atoms with van der Waals surface area (Å²) < 4.78 is 0. The predicted octanol–water partition coefficient (Wildman–Crippen LogP) is 26.7. The Balaban J connectivity index is 3.10. The van der Waals surface area contributed by atoms with Gasteiger partial charge in [0.25, 0.3) is 0 Å². The summed E-state index contributed by atoms with van der Waals surface area (Å²) in [6.45, 7) is 27.5. The lowest BCUT2D eigenvalue weighted by atomic mass is 10.1. The van der Waals surface area contributed by atoms with Crippen LogP contribution in [0.4, 0.5) is 17.8 Å². The maximum atomic E-state index is 5.08. The van der Waals surface area contributed by atoms with E-state index in [4.69, 9.17) is 15.0 Å². The van der Waals surface area contributed by atoms with Crippen LogP contribution < -0.4 is 16.0 Å². The van der Waals surface area contributed by atoms with Crippen LogP contribution in [0.5, 0.6) is 0 Å². The summed E-state index contributed by atoms with van der Waals surface area (Å²) >= 11 is 0. The smallest absolute Gasteiger partial charge is 0.229 e. The summed E-state index contributed by atoms with van der Waals surface area (Å²) in [4.78, 5) is 23.6. The Hall–Kier alpha value is -1.71. The number of nitrogens with one attached hydrogen (secondary N) is 3. The fourth-order valence-corrected chi connectivity index (χ4v) is 14.1. The van der Waals surface area contributed by atoms with Crippen molar-refractivity contribution in [3.05, 3.63) is 0 Å². The van der Waals surface area contributed by atoms with Crippen molar-refractivity contribution in [2.24, 2.45) is 0 Å². The maximum Gasteiger partial charge on any atom is 0.229 e. The zero-order valence-electron chi connectivity index (χ0n) is 64.7. The van der Waals surface area contributed by atoms with E-state index in [1.807, 2.05) is 0 Å². The van der Waals surface area contributed by atoms with Crippen LogP contribution in [0.3, 0.4) is 0 Å². The monoisotopic (exact) mass is 1310 g/mol. The molecule has 0 aliphatic carbocycles. The van der Waals surface area contributed by atoms with Gasteiger partial charge in [-0.25, -0.2) is 0 Å². The number of unbranched alkanes of at least 4 members (excludes halogenated alkanes) is 54. The number of hydrogen-bond donors (Lipinski definition) is 3. The maximum absolute atomic E-state index is 5.08. The lowest BCUT2D eigenvalue weighted by Gasteiger charge is -2.23. The molecule has 0 atom stereocenters. The molecule has 0 aliphatic heterocycles. The molecule has 0 fully saturated rings. The lowest BCUT2D eigenvalue weighted by molar-refractivity contribution is 0.259. The van der Waals surface area contributed by atoms with Crippen molar-refractivity contribution < 1.29 is 0 Å². The van der Waals surface area contributed by atoms with E-state index in [-0.39, 0.29) is 0 Å². The molecule has 1 aromatic heterocycles. The van der Waals surface area contributed by atoms with E-state index in [0.717, 1.165) is 76.4 Å². The minimum absolute atomic E-state index is 0.720. The summed E-state index contributed by atoms with van der Waals surface area (Å²) in [7, 11) is 0. The Kier molecular flexibility index (Phi) is 73.0. The molecule has 0 amide bonds. The van der Waals surface area contributed by atoms with E-state index < -0.39 is 0 Å². The highest BCUT2D eigenvalue weighted by atomic mass is 15.3. The molecule has 93 heavy (non-hydrogen) atoms. The molecule has 0 bridgehead atoms. The molecular formula is C84H171N9. The van der Waals surface area contributed by atoms with Crippen molar-refractivity contribution in [3.63, 3.8) is 0 Å². The van der Waals surface area contributed by atoms with Gasteiger partial charge in [0.2, 0.25) is 17.8 Å². The molecular weight excluding hydrogens is 1130 g/mol. The second-order valence-electron chi connectivity index (χ2n) is 29.8. The van der Waals surface area contributed by atoms with Crippen molar-refractivity contribution in [1.29, 1.82) is 0 Å². The highest BCUT2D eigenvalue weighted by Crippen LogP contribution is 2.19. The first-order chi connectivity index (χ1) is 46.1. The lowest BCUT2D eigenvalue weighted by Crippen LogP contribution is -2.29. The van der Waals surface area contributed by atoms with Gasteiger partial charge in [-0.2, -0.15) is 15.0 Å². The first-order valence-electron chi connectivity index (χ1n) is 43.2. The van der Waals surface area contributed by atoms with E-state index in [1.165, 1.54) is 425 Å². The van der Waals surface area contributed by atoms with Gasteiger partial charge < -0.3 is 30.7 Å². The van der Waals surface area contributed by atoms with Crippen LogP contribution >= 0.6 is 0 Å². The molecule has 0 saturated carbocycles. The van der Waals surface area contributed by atoms with Crippen molar-refractivity contribution in [3.8, 4) is 0 Å². The van der Waals surface area contributed by atoms with E-state index in [0.29, 0.717) is 0 Å². The molecule has 0 aliphatic rings. The molecule has 1 rings (SSSR count). The summed E-state index contributed by atoms with van der Waals surface area (Å²) in [5.74, 6) is 2.16. The van der Waals surface area contributed by atoms with Gasteiger partial charge in [-0.3, -0.25) is 0 Å². The molecule has 1 aromatic rings. The van der Waals surface area contributed by atoms with E-state index in [9.17, 15) is 0 Å². The van der Waals surface area contributed by atoms with Crippen LogP contribution in [-0.2, 0) is 0 Å². The molecule has 0 aromatic carbocycles. The summed E-state index contributed by atoms with van der Waals surface area (Å²) in [5, 5.41) is 11.2. The van der Waals surface area contributed by atoms with Crippen molar-refractivity contribution in [1.82, 2.24) is 29.7 Å². The second kappa shape index (κ2) is 76.1. The Bertz CT molecular complexity index is 1290. The Morgan fingerprint density at radius 3 is 0.419 bits per heavy atom. The third kappa shape index (κ3) is 66.0. The van der Waals surface area contributed by atoms with Gasteiger partial charge in [0.15, 0.2) is 0 Å². The van der Waals surface area contributed by atoms with E-state index in [1.54, 1.807) is 0 Å². The normalized spacial score (nSPS) is 11.8. The zero-order chi connectivity index (χ0) is 66.7. The minimum atomic E-state index is 0.720. The number of hydrogen-bond acceptors (Lipinski definition) is 9. The van der Waals surface area contributed by atoms with Gasteiger partial charge in [0.05, 0.1) is 0 Å². The van der Waals surface area contributed by atoms with Crippen molar-refractivity contribution in [2.75, 3.05) is 94.5 Å². The highest BCUT2D eigenvalue weighted by Gasteiger charge is 2.12. The molecule has 552 valence electrons. The third-order valence-electron chi connectivity index (χ3n) is 20.4. The number of anilines is 3. The molecule has 0 radical (unpaired) electrons. The first-order valence-corrected chi connectivity index (χ1v) is 43.2. The van der Waals surface area contributed by atoms with Crippen molar-refractivity contribution >= 4 is 17.8 Å². The largest absolute Gasteiger partial charge is 0.354 e. The first kappa shape index (κ1) is 89.3. The average molecular weight is 1310 g/mol. The van der Waals surface area contributed by atoms with E-state index >= 15 is 0 Å². The molecule has 0 saturated heterocycles. The van der Waals surface area contributed by atoms with Gasteiger partial charge in [-0.05, 0) is 117 Å². The van der Waals surface area contributed by atoms with Crippen LogP contribution in [0.15, 0.2) is 0 Å². The summed E-state index contributed by atoms with van der Waals surface area (Å²) in [6, 6.07) is 0. The SMILES string of the molecule is CCCCCCCCCCCCN(CCCCCCCCCCCC)CCCNc1nc(NCCCN(CCCCCCCCCCCC)CCCCCCCCCCCC)nc(NCCCN(CCCCCCCCCCCC)CCCCCCCCCCCC)n1. The van der Waals surface area contributed by atoms with Crippen molar-refractivity contribution in [2.45, 2.75) is 446 Å². The van der Waals surface area contributed by atoms with Crippen LogP contribution in [0, 0.1) is 0 Å². The number of nitrogens with zero attached hydrogens (tertiary/aromatic N) is 6. The standard InChI is InChI=1S/C84H171N9/c1-7-13-19-25-31-37-43-49-55-61-73-91(74-62-56-50-44-38-32-26-20-14-8-2)79-67-70-85-82-88-83(86-71-68-80-92(75-63-57-51-45-39-33-27-21-15-9-3)76-64-58-52-46-40-34-28-22-16-10-4)90-84(89-82)87-72-69-81-93(77-65-59-53-47-41-35-29-23-17-11-5)78-66-60-54-48-42-36-30-24-18-12-6/h7-81H2,1-6H3,(H3,85,86,87,88,89,90). The Morgan fingerprint density at radius 1 is 0.161 bits per heavy atom. The number of rotatable bonds is 81. The van der Waals surface area contributed by atoms with Gasteiger partial charge in [0.1, 0.15) is 0 Å². The van der Waals surface area contributed by atoms with Crippen LogP contribution in [0.2, 0.25) is 0 Å². The molecule has 9 heteroatoms. The van der Waals surface area contributed by atoms with Gasteiger partial charge in [-0.1, -0.05) is 388 Å². The third-order valence-corrected chi connectivity index (χ3v) is 20.4. The predicted molar refractivity (Wildman–Crippen MR) is 420 cm³/mol. The quantitative estimate of drug-likeness (QED) is 0.0552. The fourth-order valence-electron chi connectivity index (χ4n) is 14.1. The Morgan fingerprint density at radius 2 is 0.280 bits per heavy atom. The van der Waals surface area contributed by atoms with Crippen LogP contribution in [0.25, 0.3) is 0 Å². The van der Waals surface area contributed by atoms with Gasteiger partial charge in [-0.15, -0.1) is 0 Å². The van der Waals surface area contributed by atoms with Crippen LogP contribution in [0.1, 0.15) is 446 Å². The van der Waals surface area contributed by atoms with E-state index in [2.05, 4.69) is 72.2 Å². The Labute approximate surface area is 585 Å². The molecule has 1 heterocycles. The highest BCUT2D eigenvalue weighted by molar-refractivity contribution is 5.42.